The molecule has 0 bridgehead atoms. The van der Waals surface area contributed by atoms with E-state index in [1.54, 1.807) is 12.3 Å². The van der Waals surface area contributed by atoms with Crippen molar-refractivity contribution in [1.29, 1.82) is 0 Å². The van der Waals surface area contributed by atoms with Crippen molar-refractivity contribution >= 4 is 27.5 Å². The molecule has 0 aliphatic heterocycles. The number of aromatic nitrogens is 1. The van der Waals surface area contributed by atoms with Gasteiger partial charge in [-0.3, -0.25) is 4.79 Å². The van der Waals surface area contributed by atoms with E-state index in [4.69, 9.17) is 0 Å². The molecule has 3 rings (SSSR count). The van der Waals surface area contributed by atoms with Crippen molar-refractivity contribution < 1.29 is 4.79 Å². The number of nitrogens with zero attached hydrogens (tertiary/aromatic N) is 1. The molecule has 1 aromatic carbocycles. The molecule has 1 N–H and O–H groups in total. The van der Waals surface area contributed by atoms with Crippen molar-refractivity contribution in [3.63, 3.8) is 0 Å². The molecule has 1 aromatic heterocycles. The Bertz CT molecular complexity index is 640. The van der Waals surface area contributed by atoms with Crippen LogP contribution >= 0.6 is 15.9 Å². The van der Waals surface area contributed by atoms with Crippen LogP contribution in [-0.4, -0.2) is 10.9 Å². The van der Waals surface area contributed by atoms with Crippen LogP contribution in [0, 0.1) is 0 Å². The van der Waals surface area contributed by atoms with E-state index in [-0.39, 0.29) is 5.91 Å². The first kappa shape index (κ1) is 12.4. The molecule has 19 heavy (non-hydrogen) atoms. The first-order valence-corrected chi connectivity index (χ1v) is 7.07. The number of fused-ring (bicyclic) bond motifs is 1. The van der Waals surface area contributed by atoms with E-state index in [0.29, 0.717) is 15.9 Å². The average Bonchev–Trinajstić information content (AvgIpc) is 2.88. The van der Waals surface area contributed by atoms with Crippen molar-refractivity contribution in [3.8, 4) is 0 Å². The van der Waals surface area contributed by atoms with Crippen LogP contribution in [0.4, 0.5) is 5.69 Å². The topological polar surface area (TPSA) is 42.0 Å². The number of pyridine rings is 1. The van der Waals surface area contributed by atoms with Crippen molar-refractivity contribution in [2.45, 2.75) is 19.3 Å². The molecule has 3 nitrogen and oxygen atoms in total. The van der Waals surface area contributed by atoms with Gasteiger partial charge in [-0.1, -0.05) is 6.07 Å². The first-order chi connectivity index (χ1) is 9.24. The normalized spacial score (nSPS) is 13.1. The Morgan fingerprint density at radius 2 is 2.05 bits per heavy atom. The lowest BCUT2D eigenvalue weighted by molar-refractivity contribution is 0.102. The molecular weight excluding hydrogens is 304 g/mol. The molecule has 4 heteroatoms. The fourth-order valence-electron chi connectivity index (χ4n) is 2.39. The van der Waals surface area contributed by atoms with Gasteiger partial charge in [0.15, 0.2) is 0 Å². The number of aryl methyl sites for hydroxylation is 2. The van der Waals surface area contributed by atoms with Crippen LogP contribution in [0.5, 0.6) is 0 Å². The van der Waals surface area contributed by atoms with Gasteiger partial charge in [-0.15, -0.1) is 0 Å². The summed E-state index contributed by atoms with van der Waals surface area (Å²) in [6, 6.07) is 9.58. The molecule has 1 heterocycles. The van der Waals surface area contributed by atoms with Crippen LogP contribution in [0.15, 0.2) is 41.1 Å². The number of nitrogens with one attached hydrogen (secondary N) is 1. The van der Waals surface area contributed by atoms with Crippen LogP contribution in [0.25, 0.3) is 0 Å². The van der Waals surface area contributed by atoms with Gasteiger partial charge in [-0.25, -0.2) is 4.98 Å². The maximum atomic E-state index is 12.2. The third kappa shape index (κ3) is 2.54. The Kier molecular flexibility index (Phi) is 3.34. The monoisotopic (exact) mass is 316 g/mol. The molecule has 0 saturated heterocycles. The summed E-state index contributed by atoms with van der Waals surface area (Å²) >= 11 is 3.32. The summed E-state index contributed by atoms with van der Waals surface area (Å²) in [6.45, 7) is 0. The Labute approximate surface area is 120 Å². The zero-order chi connectivity index (χ0) is 13.2. The van der Waals surface area contributed by atoms with Gasteiger partial charge in [0.1, 0.15) is 4.60 Å². The molecule has 96 valence electrons. The minimum atomic E-state index is -0.0941. The molecule has 0 spiro atoms. The van der Waals surface area contributed by atoms with E-state index in [1.165, 1.54) is 17.5 Å². The van der Waals surface area contributed by atoms with Gasteiger partial charge < -0.3 is 5.32 Å². The van der Waals surface area contributed by atoms with E-state index in [1.807, 2.05) is 18.2 Å². The fourth-order valence-corrected chi connectivity index (χ4v) is 2.74. The second-order valence-corrected chi connectivity index (χ2v) is 5.38. The highest BCUT2D eigenvalue weighted by Crippen LogP contribution is 2.24. The predicted molar refractivity (Wildman–Crippen MR) is 78.4 cm³/mol. The number of amides is 1. The minimum Gasteiger partial charge on any atom is -0.320 e. The standard InChI is InChI=1S/C15H13BrN2O/c16-14-13(5-2-8-17-14)18-15(19)12-7-6-10-3-1-4-11(10)9-12/h2,5-9H,1,3-4H2,(H,18,19). The van der Waals surface area contributed by atoms with Gasteiger partial charge in [0.05, 0.1) is 5.69 Å². The van der Waals surface area contributed by atoms with Crippen LogP contribution in [0.3, 0.4) is 0 Å². The van der Waals surface area contributed by atoms with Gasteiger partial charge in [0, 0.05) is 11.8 Å². The largest absolute Gasteiger partial charge is 0.320 e. The molecule has 0 unspecified atom stereocenters. The zero-order valence-corrected chi connectivity index (χ0v) is 11.9. The average molecular weight is 317 g/mol. The molecule has 1 amide bonds. The van der Waals surface area contributed by atoms with E-state index < -0.39 is 0 Å². The molecule has 0 fully saturated rings. The highest BCUT2D eigenvalue weighted by Gasteiger charge is 2.14. The lowest BCUT2D eigenvalue weighted by Crippen LogP contribution is -2.12. The summed E-state index contributed by atoms with van der Waals surface area (Å²) in [5.74, 6) is -0.0941. The molecular formula is C15H13BrN2O. The maximum absolute atomic E-state index is 12.2. The summed E-state index contributed by atoms with van der Waals surface area (Å²) in [6.07, 6.45) is 5.07. The van der Waals surface area contributed by atoms with Crippen molar-refractivity contribution in [2.24, 2.45) is 0 Å². The highest BCUT2D eigenvalue weighted by atomic mass is 79.9. The van der Waals surface area contributed by atoms with Gasteiger partial charge in [-0.2, -0.15) is 0 Å². The van der Waals surface area contributed by atoms with E-state index >= 15 is 0 Å². The second-order valence-electron chi connectivity index (χ2n) is 4.63. The summed E-state index contributed by atoms with van der Waals surface area (Å²) in [5, 5.41) is 2.87. The molecule has 0 radical (unpaired) electrons. The lowest BCUT2D eigenvalue weighted by Gasteiger charge is -2.08. The van der Waals surface area contributed by atoms with Crippen LogP contribution in [0.1, 0.15) is 27.9 Å². The van der Waals surface area contributed by atoms with Gasteiger partial charge in [0.25, 0.3) is 5.91 Å². The summed E-state index contributed by atoms with van der Waals surface area (Å²) in [5.41, 5.74) is 4.07. The SMILES string of the molecule is O=C(Nc1cccnc1Br)c1ccc2c(c1)CCC2. The minimum absolute atomic E-state index is 0.0941. The molecule has 0 atom stereocenters. The van der Waals surface area contributed by atoms with Gasteiger partial charge in [-0.05, 0) is 70.6 Å². The van der Waals surface area contributed by atoms with Crippen molar-refractivity contribution in [3.05, 3.63) is 57.8 Å². The Morgan fingerprint density at radius 3 is 2.89 bits per heavy atom. The number of hydrogen-bond donors (Lipinski definition) is 1. The summed E-state index contributed by atoms with van der Waals surface area (Å²) < 4.78 is 0.643. The number of rotatable bonds is 2. The highest BCUT2D eigenvalue weighted by molar-refractivity contribution is 9.10. The van der Waals surface area contributed by atoms with Crippen LogP contribution in [-0.2, 0) is 12.8 Å². The van der Waals surface area contributed by atoms with Crippen molar-refractivity contribution in [2.75, 3.05) is 5.32 Å². The van der Waals surface area contributed by atoms with Crippen molar-refractivity contribution in [1.82, 2.24) is 4.98 Å². The number of halogens is 1. The summed E-state index contributed by atoms with van der Waals surface area (Å²) in [7, 11) is 0. The summed E-state index contributed by atoms with van der Waals surface area (Å²) in [4.78, 5) is 16.3. The Morgan fingerprint density at radius 1 is 1.21 bits per heavy atom. The molecule has 1 aliphatic carbocycles. The molecule has 0 saturated carbocycles. The lowest BCUT2D eigenvalue weighted by atomic mass is 10.1. The Hall–Kier alpha value is -1.68. The quantitative estimate of drug-likeness (QED) is 0.860. The fraction of sp³-hybridized carbons (Fsp3) is 0.200. The Balaban J connectivity index is 1.83. The zero-order valence-electron chi connectivity index (χ0n) is 10.3. The first-order valence-electron chi connectivity index (χ1n) is 6.28. The molecule has 2 aromatic rings. The third-order valence-electron chi connectivity index (χ3n) is 3.37. The second kappa shape index (κ2) is 5.13. The van der Waals surface area contributed by atoms with Crippen LogP contribution < -0.4 is 5.32 Å². The number of carbonyl (C=O) groups excluding carboxylic acids is 1. The van der Waals surface area contributed by atoms with Gasteiger partial charge >= 0.3 is 0 Å². The number of anilines is 1. The smallest absolute Gasteiger partial charge is 0.255 e. The van der Waals surface area contributed by atoms with E-state index in [2.05, 4.69) is 32.3 Å². The number of benzene rings is 1. The van der Waals surface area contributed by atoms with E-state index in [9.17, 15) is 4.79 Å². The van der Waals surface area contributed by atoms with Crippen LogP contribution in [0.2, 0.25) is 0 Å². The number of carbonyl (C=O) groups is 1. The van der Waals surface area contributed by atoms with Gasteiger partial charge in [0.2, 0.25) is 0 Å². The third-order valence-corrected chi connectivity index (χ3v) is 4.00. The predicted octanol–water partition coefficient (Wildman–Crippen LogP) is 3.59. The van der Waals surface area contributed by atoms with E-state index in [0.717, 1.165) is 12.8 Å². The number of hydrogen-bond acceptors (Lipinski definition) is 2. The molecule has 1 aliphatic rings. The maximum Gasteiger partial charge on any atom is 0.255 e.